The van der Waals surface area contributed by atoms with Gasteiger partial charge in [-0.1, -0.05) is 49.8 Å². The summed E-state index contributed by atoms with van der Waals surface area (Å²) in [6.45, 7) is 8.98. The van der Waals surface area contributed by atoms with Gasteiger partial charge in [-0.05, 0) is 97.0 Å². The highest BCUT2D eigenvalue weighted by molar-refractivity contribution is 7.85. The molecule has 1 saturated carbocycles. The number of carbonyl (C=O) groups excluding carboxylic acids is 3. The van der Waals surface area contributed by atoms with Crippen LogP contribution in [0.1, 0.15) is 64.0 Å². The van der Waals surface area contributed by atoms with Crippen LogP contribution in [-0.4, -0.2) is 150 Å². The van der Waals surface area contributed by atoms with Crippen molar-refractivity contribution in [1.82, 2.24) is 14.7 Å². The van der Waals surface area contributed by atoms with E-state index in [4.69, 9.17) is 18.9 Å². The smallest absolute Gasteiger partial charge is 0.344 e. The number of hydrogen-bond donors (Lipinski definition) is 2. The van der Waals surface area contributed by atoms with Crippen molar-refractivity contribution in [2.75, 3.05) is 73.5 Å². The highest BCUT2D eigenvalue weighted by Crippen LogP contribution is 2.70. The van der Waals surface area contributed by atoms with Gasteiger partial charge in [0.1, 0.15) is 0 Å². The first-order valence-electron chi connectivity index (χ1n) is 22.7. The molecule has 1 aromatic carbocycles. The molecule has 13 nitrogen and oxygen atoms in total. The van der Waals surface area contributed by atoms with Crippen LogP contribution in [0.4, 0.5) is 0 Å². The fraction of sp³-hybridized carbons (Fsp3) is 0.612. The van der Waals surface area contributed by atoms with Crippen LogP contribution in [0.15, 0.2) is 75.9 Å². The molecule has 4 unspecified atom stereocenters. The minimum atomic E-state index is -2.29. The lowest BCUT2D eigenvalue weighted by Gasteiger charge is -2.63. The van der Waals surface area contributed by atoms with Gasteiger partial charge in [0.25, 0.3) is 0 Å². The topological polar surface area (TPSA) is 155 Å². The van der Waals surface area contributed by atoms with Crippen molar-refractivity contribution < 1.29 is 47.8 Å². The van der Waals surface area contributed by atoms with Crippen LogP contribution in [-0.2, 0) is 50.6 Å². The molecule has 0 aromatic heterocycles. The molecule has 1 aromatic rings. The SMILES string of the molecule is CCC1=C[C@H]2CN(C1)CC1=C(Cc3ccc(S(=O)CCCO)cc31)[C@@](C(=O)OC)(C1C=C3C(=CC1OC)N(C)[C@H]1[C@@](O)(C(=O)OC)[C@H](OC(C)=O)[C@]4(CC)C=CCN5CC[C@]31[C@@H]54)C2. The molecular formula is C49H63N3O10S. The van der Waals surface area contributed by atoms with Gasteiger partial charge in [0, 0.05) is 93.0 Å². The molecule has 0 amide bonds. The molecule has 2 saturated heterocycles. The van der Waals surface area contributed by atoms with Crippen molar-refractivity contribution in [1.29, 1.82) is 0 Å². The first-order valence-corrected chi connectivity index (χ1v) is 24.0. The third-order valence-corrected chi connectivity index (χ3v) is 17.8. The molecule has 12 atom stereocenters. The molecule has 5 heterocycles. The van der Waals surface area contributed by atoms with Gasteiger partial charge in [0.05, 0.1) is 42.6 Å². The van der Waals surface area contributed by atoms with Crippen LogP contribution >= 0.6 is 0 Å². The standard InChI is InChI=1S/C49H63N3O10S/c1-8-30-20-31-25-48(44(55)60-6,36-21-32-12-13-33(63(58)19-11-18-53)22-34(32)35(36)28-51(26-30)27-31)38-23-37-39(24-40(38)59-5)50(4)42-47(37)15-17-52-16-10-14-46(9-2,41(47)52)43(62-29(3)54)49(42,57)45(56)61-7/h10,12-14,20,22-24,31,38,40-43,53,57H,8-9,11,15-19,21,25-28H2,1-7H3/t31-,38?,40?,41+,42-,43-,46-,47-,48-,49+,63?/m1/s1. The molecule has 3 fully saturated rings. The molecule has 63 heavy (non-hydrogen) atoms. The Morgan fingerprint density at radius 3 is 2.48 bits per heavy atom. The maximum atomic E-state index is 15.5. The van der Waals surface area contributed by atoms with E-state index in [0.29, 0.717) is 62.4 Å². The van der Waals surface area contributed by atoms with E-state index in [9.17, 15) is 24.0 Å². The molecule has 14 heteroatoms. The fourth-order valence-electron chi connectivity index (χ4n) is 14.1. The molecule has 0 radical (unpaired) electrons. The van der Waals surface area contributed by atoms with Gasteiger partial charge in [0.15, 0.2) is 6.10 Å². The third kappa shape index (κ3) is 6.17. The second-order valence-corrected chi connectivity index (χ2v) is 20.7. The molecule has 2 N–H and O–H groups in total. The zero-order valence-corrected chi connectivity index (χ0v) is 38.5. The second kappa shape index (κ2) is 16.2. The number of aliphatic hydroxyl groups is 2. The average Bonchev–Trinajstić information content (AvgIpc) is 3.93. The van der Waals surface area contributed by atoms with Crippen LogP contribution in [0.3, 0.4) is 0 Å². The van der Waals surface area contributed by atoms with Crippen molar-refractivity contribution in [3.63, 3.8) is 0 Å². The predicted octanol–water partition coefficient (Wildman–Crippen LogP) is 3.96. The Labute approximate surface area is 373 Å². The summed E-state index contributed by atoms with van der Waals surface area (Å²) in [5, 5.41) is 22.9. The van der Waals surface area contributed by atoms with E-state index in [1.54, 1.807) is 7.11 Å². The average molecular weight is 886 g/mol. The zero-order valence-electron chi connectivity index (χ0n) is 37.7. The summed E-state index contributed by atoms with van der Waals surface area (Å²) in [4.78, 5) is 50.6. The lowest BCUT2D eigenvalue weighted by atomic mass is 9.47. The fourth-order valence-corrected chi connectivity index (χ4v) is 15.2. The number of nitrogens with zero attached hydrogens (tertiary/aromatic N) is 3. The summed E-state index contributed by atoms with van der Waals surface area (Å²) in [5.74, 6) is -2.02. The Kier molecular flexibility index (Phi) is 11.4. The summed E-state index contributed by atoms with van der Waals surface area (Å²) in [6, 6.07) is 4.82. The summed E-state index contributed by atoms with van der Waals surface area (Å²) in [5.41, 5.74) is 1.77. The van der Waals surface area contributed by atoms with E-state index >= 15 is 4.79 Å². The highest BCUT2D eigenvalue weighted by Gasteiger charge is 2.81. The van der Waals surface area contributed by atoms with E-state index in [0.717, 1.165) is 53.1 Å². The number of methoxy groups -OCH3 is 3. The molecule has 1 spiro atoms. The Hall–Kier alpha value is -3.92. The van der Waals surface area contributed by atoms with E-state index in [1.165, 1.54) is 26.7 Å². The number of esters is 3. The second-order valence-electron chi connectivity index (χ2n) is 19.1. The molecule has 5 aliphatic heterocycles. The highest BCUT2D eigenvalue weighted by atomic mass is 32.2. The maximum absolute atomic E-state index is 15.5. The molecule has 2 bridgehead atoms. The molecule has 340 valence electrons. The van der Waals surface area contributed by atoms with Crippen LogP contribution in [0, 0.1) is 28.1 Å². The number of carbonyl (C=O) groups is 3. The van der Waals surface area contributed by atoms with E-state index in [1.807, 2.05) is 31.0 Å². The minimum absolute atomic E-state index is 0.0207. The monoisotopic (exact) mass is 885 g/mol. The van der Waals surface area contributed by atoms with Crippen LogP contribution in [0.5, 0.6) is 0 Å². The number of fused-ring (bicyclic) bond motifs is 5. The number of benzene rings is 1. The van der Waals surface area contributed by atoms with Crippen molar-refractivity contribution in [3.05, 3.63) is 82.1 Å². The van der Waals surface area contributed by atoms with Gasteiger partial charge in [-0.25, -0.2) is 4.79 Å². The number of allylic oxidation sites excluding steroid dienone is 1. The van der Waals surface area contributed by atoms with Crippen LogP contribution < -0.4 is 0 Å². The summed E-state index contributed by atoms with van der Waals surface area (Å²) < 4.78 is 37.8. The number of rotatable bonds is 11. The lowest BCUT2D eigenvalue weighted by molar-refractivity contribution is -0.243. The molecule has 3 aliphatic carbocycles. The normalized spacial score (nSPS) is 37.8. The Balaban J connectivity index is 1.30. The van der Waals surface area contributed by atoms with Crippen molar-refractivity contribution in [2.24, 2.45) is 28.1 Å². The van der Waals surface area contributed by atoms with Gasteiger partial charge < -0.3 is 34.1 Å². The minimum Gasteiger partial charge on any atom is -0.468 e. The van der Waals surface area contributed by atoms with Gasteiger partial charge in [-0.2, -0.15) is 0 Å². The van der Waals surface area contributed by atoms with Crippen molar-refractivity contribution in [2.45, 2.75) is 94.1 Å². The van der Waals surface area contributed by atoms with E-state index < -0.39 is 68.8 Å². The third-order valence-electron chi connectivity index (χ3n) is 16.3. The van der Waals surface area contributed by atoms with Gasteiger partial charge in [-0.3, -0.25) is 23.6 Å². The van der Waals surface area contributed by atoms with Gasteiger partial charge in [0.2, 0.25) is 5.60 Å². The number of aliphatic hydroxyl groups excluding tert-OH is 1. The molecule has 8 aliphatic rings. The number of hydrogen-bond acceptors (Lipinski definition) is 13. The van der Waals surface area contributed by atoms with Crippen molar-refractivity contribution in [3.8, 4) is 0 Å². The molecule has 9 rings (SSSR count). The number of likely N-dealkylation sites (N-methyl/N-ethyl adjacent to an activating group) is 1. The summed E-state index contributed by atoms with van der Waals surface area (Å²) >= 11 is 0. The quantitative estimate of drug-likeness (QED) is 0.187. The van der Waals surface area contributed by atoms with Gasteiger partial charge >= 0.3 is 17.9 Å². The van der Waals surface area contributed by atoms with Crippen molar-refractivity contribution >= 4 is 34.3 Å². The van der Waals surface area contributed by atoms with E-state index in [-0.39, 0.29) is 24.5 Å². The number of ether oxygens (including phenoxy) is 4. The number of likely N-dealkylation sites (tertiary alicyclic amines) is 1. The first-order chi connectivity index (χ1) is 30.2. The maximum Gasteiger partial charge on any atom is 0.344 e. The Bertz CT molecular complexity index is 2290. The van der Waals surface area contributed by atoms with E-state index in [2.05, 4.69) is 53.2 Å². The zero-order chi connectivity index (χ0) is 44.8. The Morgan fingerprint density at radius 1 is 1.02 bits per heavy atom. The van der Waals surface area contributed by atoms with Gasteiger partial charge in [-0.15, -0.1) is 0 Å². The lowest BCUT2D eigenvalue weighted by Crippen LogP contribution is -2.79. The Morgan fingerprint density at radius 2 is 1.79 bits per heavy atom. The molecular weight excluding hydrogens is 823 g/mol. The predicted molar refractivity (Wildman–Crippen MR) is 236 cm³/mol. The summed E-state index contributed by atoms with van der Waals surface area (Å²) in [7, 11) is 4.97. The first kappa shape index (κ1) is 44.3. The van der Waals surface area contributed by atoms with Crippen LogP contribution in [0.25, 0.3) is 5.57 Å². The van der Waals surface area contributed by atoms with Crippen LogP contribution in [0.2, 0.25) is 0 Å². The largest absolute Gasteiger partial charge is 0.468 e. The summed E-state index contributed by atoms with van der Waals surface area (Å²) in [6.07, 6.45) is 12.3.